The molecule has 7 heteroatoms. The van der Waals surface area contributed by atoms with E-state index >= 15 is 0 Å². The first-order chi connectivity index (χ1) is 9.45. The lowest BCUT2D eigenvalue weighted by Crippen LogP contribution is -2.12. The van der Waals surface area contributed by atoms with Crippen molar-refractivity contribution in [3.8, 4) is 0 Å². The van der Waals surface area contributed by atoms with Gasteiger partial charge in [0.15, 0.2) is 11.0 Å². The SMILES string of the molecule is CC(=O)Nc1ccc(Cl)c(NC(=O)c2ccc(Cl)o2)c1. The highest BCUT2D eigenvalue weighted by Crippen LogP contribution is 2.26. The molecule has 0 bridgehead atoms. The quantitative estimate of drug-likeness (QED) is 0.905. The summed E-state index contributed by atoms with van der Waals surface area (Å²) in [6, 6.07) is 7.65. The van der Waals surface area contributed by atoms with Gasteiger partial charge < -0.3 is 15.1 Å². The topological polar surface area (TPSA) is 71.3 Å². The van der Waals surface area contributed by atoms with E-state index in [1.54, 1.807) is 18.2 Å². The van der Waals surface area contributed by atoms with E-state index < -0.39 is 5.91 Å². The lowest BCUT2D eigenvalue weighted by molar-refractivity contribution is -0.114. The second-order valence-electron chi connectivity index (χ2n) is 3.93. The van der Waals surface area contributed by atoms with Crippen molar-refractivity contribution >= 4 is 46.4 Å². The Hall–Kier alpha value is -1.98. The van der Waals surface area contributed by atoms with Crippen LogP contribution in [0.5, 0.6) is 0 Å². The standard InChI is InChI=1S/C13H10Cl2N2O3/c1-7(18)16-8-2-3-9(14)10(6-8)17-13(19)11-4-5-12(15)20-11/h2-6H,1H3,(H,16,18)(H,17,19). The first-order valence-corrected chi connectivity index (χ1v) is 6.35. The number of halogens is 2. The van der Waals surface area contributed by atoms with E-state index in [1.807, 2.05) is 0 Å². The van der Waals surface area contributed by atoms with Crippen molar-refractivity contribution in [1.29, 1.82) is 0 Å². The molecular weight excluding hydrogens is 303 g/mol. The molecule has 0 fully saturated rings. The van der Waals surface area contributed by atoms with E-state index in [4.69, 9.17) is 27.6 Å². The van der Waals surface area contributed by atoms with Crippen LogP contribution in [0.15, 0.2) is 34.7 Å². The van der Waals surface area contributed by atoms with Crippen molar-refractivity contribution in [1.82, 2.24) is 0 Å². The number of benzene rings is 1. The number of carbonyl (C=O) groups excluding carboxylic acids is 2. The first kappa shape index (κ1) is 14.4. The Bertz CT molecular complexity index is 667. The van der Waals surface area contributed by atoms with Gasteiger partial charge in [0.05, 0.1) is 10.7 Å². The summed E-state index contributed by atoms with van der Waals surface area (Å²) in [6.45, 7) is 1.39. The van der Waals surface area contributed by atoms with Crippen LogP contribution in [-0.4, -0.2) is 11.8 Å². The molecule has 5 nitrogen and oxygen atoms in total. The van der Waals surface area contributed by atoms with Gasteiger partial charge in [-0.15, -0.1) is 0 Å². The van der Waals surface area contributed by atoms with Gasteiger partial charge in [-0.25, -0.2) is 0 Å². The summed E-state index contributed by atoms with van der Waals surface area (Å²) in [5, 5.41) is 5.63. The molecule has 0 aliphatic carbocycles. The fraction of sp³-hybridized carbons (Fsp3) is 0.0769. The third kappa shape index (κ3) is 3.53. The summed E-state index contributed by atoms with van der Waals surface area (Å²) in [5.41, 5.74) is 0.880. The van der Waals surface area contributed by atoms with Crippen molar-refractivity contribution in [2.75, 3.05) is 10.6 Å². The van der Waals surface area contributed by atoms with Crippen molar-refractivity contribution in [3.63, 3.8) is 0 Å². The largest absolute Gasteiger partial charge is 0.440 e. The number of hydrogen-bond acceptors (Lipinski definition) is 3. The Morgan fingerprint density at radius 2 is 1.85 bits per heavy atom. The highest BCUT2D eigenvalue weighted by Gasteiger charge is 2.13. The normalized spacial score (nSPS) is 10.2. The zero-order valence-electron chi connectivity index (χ0n) is 10.4. The molecule has 0 unspecified atom stereocenters. The zero-order chi connectivity index (χ0) is 14.7. The predicted molar refractivity (Wildman–Crippen MR) is 77.4 cm³/mol. The Balaban J connectivity index is 2.19. The molecule has 20 heavy (non-hydrogen) atoms. The molecular formula is C13H10Cl2N2O3. The van der Waals surface area contributed by atoms with Crippen molar-refractivity contribution < 1.29 is 14.0 Å². The molecule has 0 saturated carbocycles. The molecule has 0 aliphatic heterocycles. The lowest BCUT2D eigenvalue weighted by Gasteiger charge is -2.08. The van der Waals surface area contributed by atoms with Gasteiger partial charge in [0.25, 0.3) is 5.91 Å². The molecule has 104 valence electrons. The van der Waals surface area contributed by atoms with Gasteiger partial charge in [0.2, 0.25) is 5.91 Å². The van der Waals surface area contributed by atoms with Crippen molar-refractivity contribution in [3.05, 3.63) is 46.3 Å². The number of carbonyl (C=O) groups is 2. The number of anilines is 2. The number of hydrogen-bond donors (Lipinski definition) is 2. The second kappa shape index (κ2) is 5.98. The zero-order valence-corrected chi connectivity index (χ0v) is 11.9. The summed E-state index contributed by atoms with van der Waals surface area (Å²) >= 11 is 11.6. The number of furan rings is 1. The molecule has 2 amide bonds. The van der Waals surface area contributed by atoms with E-state index in [9.17, 15) is 9.59 Å². The third-order valence-corrected chi connectivity index (χ3v) is 2.86. The average Bonchev–Trinajstić information content (AvgIpc) is 2.79. The van der Waals surface area contributed by atoms with Gasteiger partial charge in [-0.05, 0) is 41.9 Å². The van der Waals surface area contributed by atoms with Crippen LogP contribution < -0.4 is 10.6 Å². The van der Waals surface area contributed by atoms with Gasteiger partial charge in [-0.3, -0.25) is 9.59 Å². The fourth-order valence-electron chi connectivity index (χ4n) is 1.52. The van der Waals surface area contributed by atoms with Crippen LogP contribution in [0.2, 0.25) is 10.2 Å². The maximum Gasteiger partial charge on any atom is 0.291 e. The number of rotatable bonds is 3. The van der Waals surface area contributed by atoms with Crippen LogP contribution in [0, 0.1) is 0 Å². The Morgan fingerprint density at radius 3 is 2.45 bits per heavy atom. The van der Waals surface area contributed by atoms with E-state index in [2.05, 4.69) is 10.6 Å². The summed E-state index contributed by atoms with van der Waals surface area (Å²) in [4.78, 5) is 22.9. The summed E-state index contributed by atoms with van der Waals surface area (Å²) in [6.07, 6.45) is 0. The maximum absolute atomic E-state index is 11.9. The van der Waals surface area contributed by atoms with E-state index in [0.29, 0.717) is 16.4 Å². The molecule has 1 heterocycles. The predicted octanol–water partition coefficient (Wildman–Crippen LogP) is 3.80. The molecule has 2 N–H and O–H groups in total. The van der Waals surface area contributed by atoms with Crippen LogP contribution in [0.25, 0.3) is 0 Å². The van der Waals surface area contributed by atoms with Gasteiger partial charge in [-0.1, -0.05) is 11.6 Å². The van der Waals surface area contributed by atoms with Crippen molar-refractivity contribution in [2.24, 2.45) is 0 Å². The number of nitrogens with one attached hydrogen (secondary N) is 2. The summed E-state index contributed by atoms with van der Waals surface area (Å²) in [7, 11) is 0. The summed E-state index contributed by atoms with van der Waals surface area (Å²) in [5.74, 6) is -0.641. The van der Waals surface area contributed by atoms with Crippen LogP contribution in [-0.2, 0) is 4.79 Å². The van der Waals surface area contributed by atoms with Gasteiger partial charge in [0, 0.05) is 12.6 Å². The van der Waals surface area contributed by atoms with Gasteiger partial charge in [-0.2, -0.15) is 0 Å². The first-order valence-electron chi connectivity index (χ1n) is 5.59. The summed E-state index contributed by atoms with van der Waals surface area (Å²) < 4.78 is 4.99. The molecule has 0 atom stereocenters. The van der Waals surface area contributed by atoms with Gasteiger partial charge >= 0.3 is 0 Å². The van der Waals surface area contributed by atoms with E-state index in [1.165, 1.54) is 19.1 Å². The second-order valence-corrected chi connectivity index (χ2v) is 4.71. The fourth-order valence-corrected chi connectivity index (χ4v) is 1.83. The highest BCUT2D eigenvalue weighted by atomic mass is 35.5. The molecule has 0 aliphatic rings. The smallest absolute Gasteiger partial charge is 0.291 e. The molecule has 0 spiro atoms. The van der Waals surface area contributed by atoms with E-state index in [-0.39, 0.29) is 16.9 Å². The minimum Gasteiger partial charge on any atom is -0.440 e. The monoisotopic (exact) mass is 312 g/mol. The van der Waals surface area contributed by atoms with Crippen LogP contribution >= 0.6 is 23.2 Å². The molecule has 0 saturated heterocycles. The Morgan fingerprint density at radius 1 is 1.10 bits per heavy atom. The lowest BCUT2D eigenvalue weighted by atomic mass is 10.2. The molecule has 2 aromatic rings. The molecule has 1 aromatic heterocycles. The van der Waals surface area contributed by atoms with Crippen LogP contribution in [0.1, 0.15) is 17.5 Å². The molecule has 2 rings (SSSR count). The highest BCUT2D eigenvalue weighted by molar-refractivity contribution is 6.34. The minimum atomic E-state index is -0.487. The van der Waals surface area contributed by atoms with Crippen LogP contribution in [0.4, 0.5) is 11.4 Å². The average molecular weight is 313 g/mol. The van der Waals surface area contributed by atoms with Crippen LogP contribution in [0.3, 0.4) is 0 Å². The third-order valence-electron chi connectivity index (χ3n) is 2.33. The van der Waals surface area contributed by atoms with Crippen molar-refractivity contribution in [2.45, 2.75) is 6.92 Å². The van der Waals surface area contributed by atoms with Gasteiger partial charge in [0.1, 0.15) is 0 Å². The van der Waals surface area contributed by atoms with E-state index in [0.717, 1.165) is 0 Å². The Kier molecular flexibility index (Phi) is 4.32. The Labute approximate surface area is 124 Å². The maximum atomic E-state index is 11.9. The molecule has 0 radical (unpaired) electrons. The number of amides is 2. The molecule has 1 aromatic carbocycles. The minimum absolute atomic E-state index is 0.0657.